The summed E-state index contributed by atoms with van der Waals surface area (Å²) in [5.74, 6) is -2.03. The van der Waals surface area contributed by atoms with Crippen LogP contribution in [0.25, 0.3) is 0 Å². The Morgan fingerprint density at radius 2 is 1.77 bits per heavy atom. The zero-order valence-corrected chi connectivity index (χ0v) is 15.8. The molecule has 5 nitrogen and oxygen atoms in total. The molecule has 4 aliphatic carbocycles. The highest BCUT2D eigenvalue weighted by Gasteiger charge is 2.62. The van der Waals surface area contributed by atoms with Crippen molar-refractivity contribution in [1.29, 1.82) is 0 Å². The minimum atomic E-state index is -1.11. The van der Waals surface area contributed by atoms with Gasteiger partial charge in [0, 0.05) is 5.41 Å². The van der Waals surface area contributed by atoms with Gasteiger partial charge in [0.2, 0.25) is 11.8 Å². The highest BCUT2D eigenvalue weighted by atomic mass is 16.2. The maximum Gasteiger partial charge on any atom is 0.229 e. The van der Waals surface area contributed by atoms with Crippen LogP contribution in [0.3, 0.4) is 0 Å². The summed E-state index contributed by atoms with van der Waals surface area (Å²) >= 11 is 0. The Labute approximate surface area is 154 Å². The molecule has 2 unspecified atom stereocenters. The Bertz CT molecular complexity index is 714. The van der Waals surface area contributed by atoms with Crippen molar-refractivity contribution in [2.24, 2.45) is 51.9 Å². The van der Waals surface area contributed by atoms with E-state index in [-0.39, 0.29) is 5.78 Å². The molecule has 3 saturated carbocycles. The molecule has 7 atom stereocenters. The Morgan fingerprint density at radius 3 is 2.42 bits per heavy atom. The van der Waals surface area contributed by atoms with Crippen LogP contribution in [0.2, 0.25) is 0 Å². The first-order chi connectivity index (χ1) is 12.2. The molecule has 0 aliphatic heterocycles. The molecule has 26 heavy (non-hydrogen) atoms. The van der Waals surface area contributed by atoms with Gasteiger partial charge in [-0.2, -0.15) is 0 Å². The molecule has 3 fully saturated rings. The summed E-state index contributed by atoms with van der Waals surface area (Å²) in [5, 5.41) is 0. The maximum atomic E-state index is 12.6. The van der Waals surface area contributed by atoms with E-state index in [0.29, 0.717) is 23.2 Å². The first-order valence-electron chi connectivity index (χ1n) is 10.0. The van der Waals surface area contributed by atoms with E-state index in [2.05, 4.69) is 13.8 Å². The van der Waals surface area contributed by atoms with E-state index in [1.165, 1.54) is 19.3 Å². The summed E-state index contributed by atoms with van der Waals surface area (Å²) in [4.78, 5) is 37.1. The molecule has 0 radical (unpaired) electrons. The molecule has 0 aromatic carbocycles. The lowest BCUT2D eigenvalue weighted by Crippen LogP contribution is -2.59. The molecular weight excluding hydrogens is 328 g/mol. The van der Waals surface area contributed by atoms with Crippen LogP contribution in [0, 0.1) is 40.4 Å². The number of ketones is 1. The number of rotatable bonds is 2. The second-order valence-corrected chi connectivity index (χ2v) is 9.62. The second kappa shape index (κ2) is 5.67. The monoisotopic (exact) mass is 358 g/mol. The van der Waals surface area contributed by atoms with Gasteiger partial charge in [0.25, 0.3) is 0 Å². The van der Waals surface area contributed by atoms with Gasteiger partial charge in [0.1, 0.15) is 5.92 Å². The Hall–Kier alpha value is -1.65. The Kier molecular flexibility index (Phi) is 3.87. The summed E-state index contributed by atoms with van der Waals surface area (Å²) in [5.41, 5.74) is 12.2. The third kappa shape index (κ3) is 2.18. The van der Waals surface area contributed by atoms with Gasteiger partial charge in [-0.05, 0) is 67.8 Å². The smallest absolute Gasteiger partial charge is 0.229 e. The van der Waals surface area contributed by atoms with Gasteiger partial charge in [-0.15, -0.1) is 0 Å². The summed E-state index contributed by atoms with van der Waals surface area (Å²) in [7, 11) is 0. The molecule has 4 rings (SSSR count). The molecule has 2 amide bonds. The number of carbonyl (C=O) groups excluding carboxylic acids is 3. The third-order valence-electron chi connectivity index (χ3n) is 8.64. The predicted octanol–water partition coefficient (Wildman–Crippen LogP) is 2.33. The molecule has 142 valence electrons. The van der Waals surface area contributed by atoms with Crippen LogP contribution in [-0.4, -0.2) is 17.6 Å². The second-order valence-electron chi connectivity index (χ2n) is 9.62. The van der Waals surface area contributed by atoms with Crippen LogP contribution in [0.1, 0.15) is 58.8 Å². The summed E-state index contributed by atoms with van der Waals surface area (Å²) in [6, 6.07) is 0. The van der Waals surface area contributed by atoms with E-state index in [1.807, 2.05) is 0 Å². The van der Waals surface area contributed by atoms with Gasteiger partial charge in [-0.1, -0.05) is 25.8 Å². The van der Waals surface area contributed by atoms with E-state index >= 15 is 0 Å². The van der Waals surface area contributed by atoms with Crippen LogP contribution in [0.4, 0.5) is 0 Å². The van der Waals surface area contributed by atoms with Gasteiger partial charge in [-0.25, -0.2) is 0 Å². The maximum absolute atomic E-state index is 12.6. The molecular formula is C21H30N2O3. The largest absolute Gasteiger partial charge is 0.369 e. The fraction of sp³-hybridized carbons (Fsp3) is 0.762. The lowest BCUT2D eigenvalue weighted by molar-refractivity contribution is -0.149. The van der Waals surface area contributed by atoms with Crippen LogP contribution in [0.15, 0.2) is 11.6 Å². The van der Waals surface area contributed by atoms with Gasteiger partial charge in [-0.3, -0.25) is 14.4 Å². The molecule has 5 heteroatoms. The minimum absolute atomic E-state index is 0.297. The SMILES string of the molecule is C[C@@]12CCC[C@H]1[C@@H]1CCC3=CC(=O)C(C(N)=O)C(C(N)=O)[C@]3(C)[C@@H]1CC2. The number of fused-ring (bicyclic) bond motifs is 5. The van der Waals surface area contributed by atoms with Crippen molar-refractivity contribution in [2.45, 2.75) is 58.8 Å². The van der Waals surface area contributed by atoms with Crippen molar-refractivity contribution < 1.29 is 14.4 Å². The lowest BCUT2D eigenvalue weighted by Gasteiger charge is -2.59. The van der Waals surface area contributed by atoms with E-state index in [4.69, 9.17) is 11.5 Å². The van der Waals surface area contributed by atoms with Crippen LogP contribution in [0.5, 0.6) is 0 Å². The summed E-state index contributed by atoms with van der Waals surface area (Å²) in [6.45, 7) is 4.50. The van der Waals surface area contributed by atoms with Gasteiger partial charge < -0.3 is 11.5 Å². The number of hydrogen-bond donors (Lipinski definition) is 2. The van der Waals surface area contributed by atoms with Crippen molar-refractivity contribution in [3.05, 3.63) is 11.6 Å². The summed E-state index contributed by atoms with van der Waals surface area (Å²) < 4.78 is 0. The Morgan fingerprint density at radius 1 is 1.04 bits per heavy atom. The number of hydrogen-bond acceptors (Lipinski definition) is 3. The molecule has 4 N–H and O–H groups in total. The number of primary amides is 2. The van der Waals surface area contributed by atoms with Crippen LogP contribution >= 0.6 is 0 Å². The van der Waals surface area contributed by atoms with Crippen LogP contribution in [-0.2, 0) is 14.4 Å². The summed E-state index contributed by atoms with van der Waals surface area (Å²) in [6.07, 6.45) is 9.54. The molecule has 0 aromatic heterocycles. The highest BCUT2D eigenvalue weighted by molar-refractivity contribution is 6.11. The number of nitrogens with two attached hydrogens (primary N) is 2. The van der Waals surface area contributed by atoms with Crippen molar-refractivity contribution in [1.82, 2.24) is 0 Å². The van der Waals surface area contributed by atoms with E-state index in [0.717, 1.165) is 31.3 Å². The zero-order chi connectivity index (χ0) is 18.9. The third-order valence-corrected chi connectivity index (χ3v) is 8.64. The molecule has 0 aromatic rings. The fourth-order valence-corrected chi connectivity index (χ4v) is 7.45. The predicted molar refractivity (Wildman–Crippen MR) is 97.5 cm³/mol. The fourth-order valence-electron chi connectivity index (χ4n) is 7.45. The van der Waals surface area contributed by atoms with Crippen molar-refractivity contribution >= 4 is 17.6 Å². The topological polar surface area (TPSA) is 103 Å². The first kappa shape index (κ1) is 17.7. The normalized spacial score (nSPS) is 47.4. The van der Waals surface area contributed by atoms with Gasteiger partial charge in [0.15, 0.2) is 5.78 Å². The zero-order valence-electron chi connectivity index (χ0n) is 15.8. The average Bonchev–Trinajstić information content (AvgIpc) is 2.95. The van der Waals surface area contributed by atoms with Crippen LogP contribution < -0.4 is 11.5 Å². The quantitative estimate of drug-likeness (QED) is 0.740. The minimum Gasteiger partial charge on any atom is -0.369 e. The molecule has 0 bridgehead atoms. The molecule has 4 aliphatic rings. The number of carbonyl (C=O) groups is 3. The molecule has 0 saturated heterocycles. The van der Waals surface area contributed by atoms with Crippen molar-refractivity contribution in [3.63, 3.8) is 0 Å². The standard InChI is InChI=1S/C21H30N2O3/c1-20-8-3-4-13(20)12-6-5-11-10-15(24)16(18(22)25)17(19(23)26)21(11,2)14(12)7-9-20/h10,12-14,16-17H,3-9H2,1-2H3,(H2,22,25)(H2,23,26)/t12-,13-,14+,16?,17?,20-,21-/m0/s1. The van der Waals surface area contributed by atoms with Gasteiger partial charge >= 0.3 is 0 Å². The van der Waals surface area contributed by atoms with Crippen molar-refractivity contribution in [2.75, 3.05) is 0 Å². The first-order valence-corrected chi connectivity index (χ1v) is 10.0. The van der Waals surface area contributed by atoms with Gasteiger partial charge in [0.05, 0.1) is 5.92 Å². The number of amides is 2. The molecule has 0 spiro atoms. The highest BCUT2D eigenvalue weighted by Crippen LogP contribution is 2.66. The van der Waals surface area contributed by atoms with E-state index in [9.17, 15) is 14.4 Å². The number of allylic oxidation sites excluding steroid dienone is 1. The Balaban J connectivity index is 1.81. The average molecular weight is 358 g/mol. The van der Waals surface area contributed by atoms with E-state index < -0.39 is 29.1 Å². The van der Waals surface area contributed by atoms with E-state index in [1.54, 1.807) is 6.08 Å². The van der Waals surface area contributed by atoms with Crippen molar-refractivity contribution in [3.8, 4) is 0 Å². The molecule has 0 heterocycles. The lowest BCUT2D eigenvalue weighted by atomic mass is 9.44.